The monoisotopic (exact) mass is 537 g/mol. The second-order valence-electron chi connectivity index (χ2n) is 10.3. The van der Waals surface area contributed by atoms with Gasteiger partial charge in [0.1, 0.15) is 16.3 Å². The van der Waals surface area contributed by atoms with Crippen LogP contribution in [-0.4, -0.2) is 38.0 Å². The van der Waals surface area contributed by atoms with E-state index in [0.717, 1.165) is 48.6 Å². The lowest BCUT2D eigenvalue weighted by Crippen LogP contribution is -2.45. The summed E-state index contributed by atoms with van der Waals surface area (Å²) >= 11 is 1.02. The minimum absolute atomic E-state index is 0.00247. The van der Waals surface area contributed by atoms with E-state index < -0.39 is 17.4 Å². The van der Waals surface area contributed by atoms with Crippen LogP contribution < -0.4 is 4.74 Å². The number of aromatic amines is 1. The van der Waals surface area contributed by atoms with Crippen molar-refractivity contribution in [1.29, 1.82) is 0 Å². The van der Waals surface area contributed by atoms with Crippen molar-refractivity contribution in [2.24, 2.45) is 5.92 Å². The van der Waals surface area contributed by atoms with Gasteiger partial charge < -0.3 is 19.6 Å². The molecule has 0 amide bonds. The molecule has 0 radical (unpaired) electrons. The van der Waals surface area contributed by atoms with Crippen LogP contribution in [0.4, 0.5) is 4.39 Å². The molecule has 9 heteroatoms. The fourth-order valence-corrected chi connectivity index (χ4v) is 6.13. The molecule has 1 aliphatic heterocycles. The number of benzene rings is 2. The number of nitrogens with one attached hydrogen (secondary N) is 1. The molecule has 2 heterocycles. The van der Waals surface area contributed by atoms with E-state index in [1.807, 2.05) is 50.2 Å². The van der Waals surface area contributed by atoms with Gasteiger partial charge in [-0.25, -0.2) is 9.18 Å². The molecule has 2 aromatic carbocycles. The first-order valence-electron chi connectivity index (χ1n) is 13.1. The Morgan fingerprint density at radius 3 is 2.63 bits per heavy atom. The molecule has 1 unspecified atom stereocenters. The molecule has 38 heavy (non-hydrogen) atoms. The summed E-state index contributed by atoms with van der Waals surface area (Å²) < 4.78 is 26.3. The zero-order chi connectivity index (χ0) is 26.7. The summed E-state index contributed by atoms with van der Waals surface area (Å²) in [5.74, 6) is -0.0189. The van der Waals surface area contributed by atoms with Gasteiger partial charge in [-0.1, -0.05) is 49.2 Å². The molecule has 0 bridgehead atoms. The van der Waals surface area contributed by atoms with E-state index in [2.05, 4.69) is 15.2 Å². The van der Waals surface area contributed by atoms with Gasteiger partial charge in [0, 0.05) is 12.0 Å². The van der Waals surface area contributed by atoms with Gasteiger partial charge in [0.25, 0.3) is 0 Å². The highest BCUT2D eigenvalue weighted by Crippen LogP contribution is 2.47. The molecule has 1 fully saturated rings. The van der Waals surface area contributed by atoms with E-state index in [9.17, 15) is 14.3 Å². The van der Waals surface area contributed by atoms with Crippen LogP contribution in [0.1, 0.15) is 57.9 Å². The Balaban J connectivity index is 1.34. The molecule has 3 aromatic rings. The van der Waals surface area contributed by atoms with Crippen LogP contribution in [-0.2, 0) is 16.0 Å². The number of cyclic esters (lactones) is 1. The Morgan fingerprint density at radius 1 is 1.18 bits per heavy atom. The Morgan fingerprint density at radius 2 is 1.95 bits per heavy atom. The molecule has 1 aromatic heterocycles. The molecule has 2 aliphatic rings. The second kappa shape index (κ2) is 11.2. The fraction of sp³-hybridized carbons (Fsp3) is 0.414. The van der Waals surface area contributed by atoms with E-state index in [1.54, 1.807) is 6.07 Å². The van der Waals surface area contributed by atoms with E-state index >= 15 is 0 Å². The maximum Gasteiger partial charge on any atom is 0.349 e. The summed E-state index contributed by atoms with van der Waals surface area (Å²) in [6.45, 7) is 3.71. The minimum Gasteiger partial charge on any atom is -0.511 e. The average Bonchev–Trinajstić information content (AvgIpc) is 3.60. The van der Waals surface area contributed by atoms with E-state index in [-0.39, 0.29) is 34.9 Å². The van der Waals surface area contributed by atoms with Gasteiger partial charge >= 0.3 is 5.97 Å². The maximum atomic E-state index is 14.6. The smallest absolute Gasteiger partial charge is 0.349 e. The quantitative estimate of drug-likeness (QED) is 0.291. The van der Waals surface area contributed by atoms with Gasteiger partial charge in [0.2, 0.25) is 0 Å². The molecular formula is C29H32FN3O4S. The first-order valence-corrected chi connectivity index (χ1v) is 13.9. The van der Waals surface area contributed by atoms with E-state index in [1.165, 1.54) is 6.07 Å². The summed E-state index contributed by atoms with van der Waals surface area (Å²) in [5.41, 5.74) is 0.838. The highest BCUT2D eigenvalue weighted by Gasteiger charge is 2.48. The van der Waals surface area contributed by atoms with Crippen LogP contribution in [0, 0.1) is 11.7 Å². The number of carbonyl (C=O) groups excluding carboxylic acids is 1. The summed E-state index contributed by atoms with van der Waals surface area (Å²) in [4.78, 5) is 16.5. The standard InChI is InChI=1S/C29H32FN3O4S/c1-18(2)36-24-13-12-19(16-22(24)30)14-15-29(21-10-6-7-11-21)17-23(34)25(27(35)37-29)38-28-31-26(32-33-28)20-8-4-3-5-9-20/h3-5,8-9,12-13,16,18,21,34H,6-7,10-11,14-15,17H2,1-2H3,(H,31,32,33). The largest absolute Gasteiger partial charge is 0.511 e. The molecule has 1 aliphatic carbocycles. The maximum absolute atomic E-state index is 14.6. The van der Waals surface area contributed by atoms with Crippen molar-refractivity contribution >= 4 is 17.7 Å². The summed E-state index contributed by atoms with van der Waals surface area (Å²) in [7, 11) is 0. The van der Waals surface area contributed by atoms with Crippen molar-refractivity contribution in [3.8, 4) is 17.1 Å². The number of hydrogen-bond acceptors (Lipinski definition) is 7. The third-order valence-electron chi connectivity index (χ3n) is 7.22. The molecule has 200 valence electrons. The highest BCUT2D eigenvalue weighted by atomic mass is 32.2. The molecule has 0 spiro atoms. The predicted molar refractivity (Wildman–Crippen MR) is 143 cm³/mol. The van der Waals surface area contributed by atoms with Gasteiger partial charge in [-0.05, 0) is 74.9 Å². The Bertz CT molecular complexity index is 1320. The summed E-state index contributed by atoms with van der Waals surface area (Å²) in [5, 5.41) is 19.8. The molecule has 1 atom stereocenters. The van der Waals surface area contributed by atoms with Crippen LogP contribution in [0.15, 0.2) is 64.4 Å². The number of thioether (sulfide) groups is 1. The van der Waals surface area contributed by atoms with Crippen molar-refractivity contribution in [2.75, 3.05) is 0 Å². The number of halogens is 1. The Hall–Kier alpha value is -3.33. The van der Waals surface area contributed by atoms with Crippen molar-refractivity contribution in [3.05, 3.63) is 70.6 Å². The lowest BCUT2D eigenvalue weighted by Gasteiger charge is -2.41. The fourth-order valence-electron chi connectivity index (χ4n) is 5.39. The number of H-pyrrole nitrogens is 1. The number of aliphatic hydroxyl groups is 1. The predicted octanol–water partition coefficient (Wildman–Crippen LogP) is 6.77. The highest BCUT2D eigenvalue weighted by molar-refractivity contribution is 8.03. The minimum atomic E-state index is -0.831. The topological polar surface area (TPSA) is 97.3 Å². The van der Waals surface area contributed by atoms with Crippen LogP contribution >= 0.6 is 11.8 Å². The molecule has 2 N–H and O–H groups in total. The second-order valence-corrected chi connectivity index (χ2v) is 11.3. The van der Waals surface area contributed by atoms with Gasteiger partial charge in [-0.2, -0.15) is 0 Å². The number of aliphatic hydroxyl groups excluding tert-OH is 1. The van der Waals surface area contributed by atoms with Crippen molar-refractivity contribution in [3.63, 3.8) is 0 Å². The number of carbonyl (C=O) groups is 1. The van der Waals surface area contributed by atoms with Crippen LogP contribution in [0.25, 0.3) is 11.4 Å². The van der Waals surface area contributed by atoms with Gasteiger partial charge in [-0.3, -0.25) is 0 Å². The molecular weight excluding hydrogens is 505 g/mol. The van der Waals surface area contributed by atoms with Crippen LogP contribution in [0.5, 0.6) is 5.75 Å². The molecule has 5 rings (SSSR count). The zero-order valence-electron chi connectivity index (χ0n) is 21.6. The number of ether oxygens (including phenoxy) is 2. The van der Waals surface area contributed by atoms with Crippen LogP contribution in [0.3, 0.4) is 0 Å². The summed E-state index contributed by atoms with van der Waals surface area (Å²) in [6.07, 6.45) is 5.10. The Kier molecular flexibility index (Phi) is 7.74. The number of hydrogen-bond donors (Lipinski definition) is 2. The van der Waals surface area contributed by atoms with Gasteiger partial charge in [0.15, 0.2) is 22.5 Å². The van der Waals surface area contributed by atoms with Crippen molar-refractivity contribution in [2.45, 2.75) is 75.7 Å². The third kappa shape index (κ3) is 5.72. The van der Waals surface area contributed by atoms with Gasteiger partial charge in [-0.15, -0.1) is 10.2 Å². The van der Waals surface area contributed by atoms with Crippen molar-refractivity contribution < 1.29 is 23.8 Å². The number of aromatic nitrogens is 3. The molecule has 7 nitrogen and oxygen atoms in total. The first-order chi connectivity index (χ1) is 18.3. The number of rotatable bonds is 9. The average molecular weight is 538 g/mol. The van der Waals surface area contributed by atoms with E-state index in [4.69, 9.17) is 9.47 Å². The van der Waals surface area contributed by atoms with E-state index in [0.29, 0.717) is 23.8 Å². The normalized spacial score (nSPS) is 20.3. The number of nitrogens with zero attached hydrogens (tertiary/aromatic N) is 2. The molecule has 0 saturated heterocycles. The number of esters is 1. The van der Waals surface area contributed by atoms with Crippen molar-refractivity contribution in [1.82, 2.24) is 15.2 Å². The lowest BCUT2D eigenvalue weighted by molar-refractivity contribution is -0.166. The van der Waals surface area contributed by atoms with Crippen LogP contribution in [0.2, 0.25) is 0 Å². The van der Waals surface area contributed by atoms with Gasteiger partial charge in [0.05, 0.1) is 6.10 Å². The first kappa shape index (κ1) is 26.3. The zero-order valence-corrected chi connectivity index (χ0v) is 22.4. The SMILES string of the molecule is CC(C)Oc1ccc(CCC2(C3CCCC3)CC(O)=C(Sc3nnc(-c4ccccc4)[nH]3)C(=O)O2)cc1F. The molecule has 1 saturated carbocycles. The number of aryl methyl sites for hydroxylation is 1. The Labute approximate surface area is 225 Å². The summed E-state index contributed by atoms with van der Waals surface area (Å²) in [6, 6.07) is 14.5. The lowest BCUT2D eigenvalue weighted by atomic mass is 9.77. The third-order valence-corrected chi connectivity index (χ3v) is 8.20.